The second kappa shape index (κ2) is 5.41. The Bertz CT molecular complexity index is 419. The van der Waals surface area contributed by atoms with Gasteiger partial charge in [-0.1, -0.05) is 23.7 Å². The van der Waals surface area contributed by atoms with Gasteiger partial charge in [0.1, 0.15) is 0 Å². The Hall–Kier alpha value is -0.860. The molecule has 0 amide bonds. The van der Waals surface area contributed by atoms with Gasteiger partial charge in [-0.2, -0.15) is 0 Å². The number of likely N-dealkylation sites (tertiary alicyclic amines) is 1. The first-order valence-electron chi connectivity index (χ1n) is 6.53. The normalized spacial score (nSPS) is 17.1. The van der Waals surface area contributed by atoms with E-state index in [4.69, 9.17) is 11.6 Å². The molecule has 2 rings (SSSR count). The summed E-state index contributed by atoms with van der Waals surface area (Å²) >= 11 is 5.85. The first kappa shape index (κ1) is 13.6. The summed E-state index contributed by atoms with van der Waals surface area (Å²) < 4.78 is 0. The summed E-state index contributed by atoms with van der Waals surface area (Å²) in [5.41, 5.74) is 0.688. The van der Waals surface area contributed by atoms with E-state index in [-0.39, 0.29) is 11.3 Å². The van der Waals surface area contributed by atoms with Crippen LogP contribution in [-0.4, -0.2) is 29.3 Å². The van der Waals surface area contributed by atoms with Crippen LogP contribution in [0.2, 0.25) is 5.02 Å². The van der Waals surface area contributed by atoms with Crippen LogP contribution < -0.4 is 0 Å². The Morgan fingerprint density at radius 3 is 2.33 bits per heavy atom. The molecule has 1 aromatic rings. The number of hydrogen-bond acceptors (Lipinski definition) is 2. The predicted molar refractivity (Wildman–Crippen MR) is 75.0 cm³/mol. The molecule has 18 heavy (non-hydrogen) atoms. The molecule has 0 unspecified atom stereocenters. The standard InChI is InChI=1S/C15H20ClNO/c1-15(2,17-9-3-4-10-17)14(18)11-12-5-7-13(16)8-6-12/h5-8H,3-4,9-11H2,1-2H3. The minimum Gasteiger partial charge on any atom is -0.297 e. The molecule has 0 radical (unpaired) electrons. The Morgan fingerprint density at radius 2 is 1.78 bits per heavy atom. The molecule has 1 aliphatic heterocycles. The lowest BCUT2D eigenvalue weighted by atomic mass is 9.92. The monoisotopic (exact) mass is 265 g/mol. The Morgan fingerprint density at radius 1 is 1.22 bits per heavy atom. The Kier molecular flexibility index (Phi) is 4.08. The summed E-state index contributed by atoms with van der Waals surface area (Å²) in [6.45, 7) is 6.16. The summed E-state index contributed by atoms with van der Waals surface area (Å²) in [4.78, 5) is 14.7. The van der Waals surface area contributed by atoms with Crippen molar-refractivity contribution < 1.29 is 4.79 Å². The van der Waals surface area contributed by atoms with E-state index in [9.17, 15) is 4.79 Å². The van der Waals surface area contributed by atoms with Crippen LogP contribution in [0.3, 0.4) is 0 Å². The number of benzene rings is 1. The number of ketones is 1. The van der Waals surface area contributed by atoms with E-state index in [1.54, 1.807) is 0 Å². The Balaban J connectivity index is 2.04. The van der Waals surface area contributed by atoms with Crippen LogP contribution in [0.4, 0.5) is 0 Å². The van der Waals surface area contributed by atoms with E-state index in [1.165, 1.54) is 12.8 Å². The van der Waals surface area contributed by atoms with Gasteiger partial charge in [0.05, 0.1) is 5.54 Å². The van der Waals surface area contributed by atoms with Crippen molar-refractivity contribution in [2.45, 2.75) is 38.6 Å². The minimum atomic E-state index is -0.351. The smallest absolute Gasteiger partial charge is 0.156 e. The number of Topliss-reactive ketones (excluding diaryl/α,β-unsaturated/α-hetero) is 1. The largest absolute Gasteiger partial charge is 0.297 e. The maximum Gasteiger partial charge on any atom is 0.156 e. The van der Waals surface area contributed by atoms with Gasteiger partial charge in [0.15, 0.2) is 5.78 Å². The highest BCUT2D eigenvalue weighted by Crippen LogP contribution is 2.23. The van der Waals surface area contributed by atoms with E-state index in [1.807, 2.05) is 38.1 Å². The average Bonchev–Trinajstić information content (AvgIpc) is 2.86. The van der Waals surface area contributed by atoms with E-state index >= 15 is 0 Å². The predicted octanol–water partition coefficient (Wildman–Crippen LogP) is 3.33. The highest BCUT2D eigenvalue weighted by molar-refractivity contribution is 6.30. The number of carbonyl (C=O) groups is 1. The molecule has 1 aliphatic rings. The second-order valence-electron chi connectivity index (χ2n) is 5.48. The van der Waals surface area contributed by atoms with E-state index in [2.05, 4.69) is 4.90 Å². The van der Waals surface area contributed by atoms with Gasteiger partial charge in [0.25, 0.3) is 0 Å². The third kappa shape index (κ3) is 2.93. The maximum absolute atomic E-state index is 12.4. The van der Waals surface area contributed by atoms with E-state index in [0.29, 0.717) is 11.4 Å². The van der Waals surface area contributed by atoms with Crippen molar-refractivity contribution in [3.05, 3.63) is 34.9 Å². The molecule has 0 spiro atoms. The zero-order chi connectivity index (χ0) is 13.2. The van der Waals surface area contributed by atoms with Crippen LogP contribution in [0.25, 0.3) is 0 Å². The molecule has 0 saturated carbocycles. The molecule has 1 saturated heterocycles. The number of halogens is 1. The van der Waals surface area contributed by atoms with Gasteiger partial charge in [-0.3, -0.25) is 9.69 Å². The number of nitrogens with zero attached hydrogens (tertiary/aromatic N) is 1. The third-order valence-corrected chi connectivity index (χ3v) is 4.11. The summed E-state index contributed by atoms with van der Waals surface area (Å²) in [5, 5.41) is 0.713. The average molecular weight is 266 g/mol. The van der Waals surface area contributed by atoms with Crippen LogP contribution in [-0.2, 0) is 11.2 Å². The van der Waals surface area contributed by atoms with Crippen molar-refractivity contribution in [1.82, 2.24) is 4.90 Å². The number of hydrogen-bond donors (Lipinski definition) is 0. The molecule has 3 heteroatoms. The minimum absolute atomic E-state index is 0.284. The Labute approximate surface area is 114 Å². The highest BCUT2D eigenvalue weighted by Gasteiger charge is 2.35. The van der Waals surface area contributed by atoms with Gasteiger partial charge in [0.2, 0.25) is 0 Å². The van der Waals surface area contributed by atoms with Gasteiger partial charge in [-0.15, -0.1) is 0 Å². The van der Waals surface area contributed by atoms with Crippen molar-refractivity contribution in [2.75, 3.05) is 13.1 Å². The molecule has 98 valence electrons. The van der Waals surface area contributed by atoms with Gasteiger partial charge in [0, 0.05) is 11.4 Å². The molecule has 0 N–H and O–H groups in total. The summed E-state index contributed by atoms with van der Waals surface area (Å²) in [7, 11) is 0. The fourth-order valence-corrected chi connectivity index (χ4v) is 2.58. The molecule has 1 aromatic carbocycles. The lowest BCUT2D eigenvalue weighted by molar-refractivity contribution is -0.128. The fourth-order valence-electron chi connectivity index (χ4n) is 2.46. The van der Waals surface area contributed by atoms with Crippen molar-refractivity contribution in [1.29, 1.82) is 0 Å². The van der Waals surface area contributed by atoms with Crippen LogP contribution in [0.15, 0.2) is 24.3 Å². The molecule has 1 heterocycles. The maximum atomic E-state index is 12.4. The van der Waals surface area contributed by atoms with Crippen LogP contribution in [0.1, 0.15) is 32.3 Å². The van der Waals surface area contributed by atoms with E-state index in [0.717, 1.165) is 18.7 Å². The number of rotatable bonds is 4. The summed E-state index contributed by atoms with van der Waals surface area (Å²) in [5.74, 6) is 0.284. The molecule has 0 atom stereocenters. The first-order valence-corrected chi connectivity index (χ1v) is 6.91. The quantitative estimate of drug-likeness (QED) is 0.832. The molecular weight excluding hydrogens is 246 g/mol. The topological polar surface area (TPSA) is 20.3 Å². The van der Waals surface area contributed by atoms with Crippen molar-refractivity contribution in [2.24, 2.45) is 0 Å². The van der Waals surface area contributed by atoms with E-state index < -0.39 is 0 Å². The molecule has 0 aliphatic carbocycles. The van der Waals surface area contributed by atoms with Gasteiger partial charge >= 0.3 is 0 Å². The summed E-state index contributed by atoms with van der Waals surface area (Å²) in [6, 6.07) is 7.54. The van der Waals surface area contributed by atoms with Crippen molar-refractivity contribution in [3.63, 3.8) is 0 Å². The van der Waals surface area contributed by atoms with Gasteiger partial charge in [-0.25, -0.2) is 0 Å². The van der Waals surface area contributed by atoms with Crippen LogP contribution in [0.5, 0.6) is 0 Å². The van der Waals surface area contributed by atoms with Crippen LogP contribution >= 0.6 is 11.6 Å². The molecular formula is C15H20ClNO. The zero-order valence-corrected chi connectivity index (χ0v) is 11.8. The SMILES string of the molecule is CC(C)(C(=O)Cc1ccc(Cl)cc1)N1CCCC1. The lowest BCUT2D eigenvalue weighted by Crippen LogP contribution is -2.49. The van der Waals surface area contributed by atoms with Crippen molar-refractivity contribution >= 4 is 17.4 Å². The van der Waals surface area contributed by atoms with Crippen molar-refractivity contribution in [3.8, 4) is 0 Å². The third-order valence-electron chi connectivity index (χ3n) is 3.86. The fraction of sp³-hybridized carbons (Fsp3) is 0.533. The molecule has 2 nitrogen and oxygen atoms in total. The summed E-state index contributed by atoms with van der Waals surface area (Å²) in [6.07, 6.45) is 2.90. The van der Waals surface area contributed by atoms with Gasteiger partial charge < -0.3 is 0 Å². The molecule has 0 aromatic heterocycles. The first-order chi connectivity index (χ1) is 8.50. The molecule has 0 bridgehead atoms. The highest BCUT2D eigenvalue weighted by atomic mass is 35.5. The molecule has 1 fully saturated rings. The second-order valence-corrected chi connectivity index (χ2v) is 5.92. The van der Waals surface area contributed by atoms with Crippen LogP contribution in [0, 0.1) is 0 Å². The van der Waals surface area contributed by atoms with Gasteiger partial charge in [-0.05, 0) is 57.5 Å². The zero-order valence-electron chi connectivity index (χ0n) is 11.1. The lowest BCUT2D eigenvalue weighted by Gasteiger charge is -2.34. The number of carbonyl (C=O) groups excluding carboxylic acids is 1.